The summed E-state index contributed by atoms with van der Waals surface area (Å²) in [5.74, 6) is 0.0622. The Hall–Kier alpha value is -4.10. The number of rotatable bonds is 11. The SMILES string of the molecule is CCN(CC)CCCN1C(=O)C(=O)C(=C(O)c2ccc3c(c2)C[C@H](C)O3)[C@@H]1c1ccc(OCc2ccccc2)cc1. The van der Waals surface area contributed by atoms with Crippen molar-refractivity contribution in [3.05, 3.63) is 101 Å². The van der Waals surface area contributed by atoms with Gasteiger partial charge in [0, 0.05) is 18.5 Å². The van der Waals surface area contributed by atoms with Gasteiger partial charge in [0.25, 0.3) is 11.7 Å². The molecular weight excluding hydrogens is 516 g/mol. The molecule has 5 rings (SSSR count). The van der Waals surface area contributed by atoms with Crippen molar-refractivity contribution in [1.29, 1.82) is 0 Å². The zero-order chi connectivity index (χ0) is 28.9. The van der Waals surface area contributed by atoms with E-state index < -0.39 is 17.7 Å². The number of hydrogen-bond acceptors (Lipinski definition) is 6. The van der Waals surface area contributed by atoms with Gasteiger partial charge < -0.3 is 24.4 Å². The maximum Gasteiger partial charge on any atom is 0.295 e. The number of ketones is 1. The van der Waals surface area contributed by atoms with Crippen molar-refractivity contribution in [3.8, 4) is 11.5 Å². The van der Waals surface area contributed by atoms with Crippen molar-refractivity contribution in [3.63, 3.8) is 0 Å². The Morgan fingerprint density at radius 1 is 1.02 bits per heavy atom. The molecule has 0 aromatic heterocycles. The normalized spacial score (nSPS) is 19.5. The lowest BCUT2D eigenvalue weighted by Crippen LogP contribution is -2.33. The molecule has 1 fully saturated rings. The lowest BCUT2D eigenvalue weighted by molar-refractivity contribution is -0.140. The number of hydrogen-bond donors (Lipinski definition) is 1. The van der Waals surface area contributed by atoms with Crippen LogP contribution in [0.1, 0.15) is 55.5 Å². The Labute approximate surface area is 242 Å². The van der Waals surface area contributed by atoms with Gasteiger partial charge in [-0.3, -0.25) is 9.59 Å². The lowest BCUT2D eigenvalue weighted by atomic mass is 9.94. The second-order valence-electron chi connectivity index (χ2n) is 10.7. The molecule has 0 radical (unpaired) electrons. The number of ether oxygens (including phenoxy) is 2. The van der Waals surface area contributed by atoms with E-state index in [4.69, 9.17) is 9.47 Å². The summed E-state index contributed by atoms with van der Waals surface area (Å²) in [6.45, 7) is 9.72. The number of carbonyl (C=O) groups excluding carboxylic acids is 2. The molecule has 2 atom stereocenters. The maximum absolute atomic E-state index is 13.5. The van der Waals surface area contributed by atoms with E-state index in [0.29, 0.717) is 24.5 Å². The van der Waals surface area contributed by atoms with E-state index in [2.05, 4.69) is 18.7 Å². The second kappa shape index (κ2) is 12.6. The van der Waals surface area contributed by atoms with Gasteiger partial charge in [-0.05, 0) is 80.0 Å². The third-order valence-corrected chi connectivity index (χ3v) is 7.92. The molecule has 2 aliphatic rings. The number of likely N-dealkylation sites (tertiary alicyclic amines) is 1. The van der Waals surface area contributed by atoms with Crippen LogP contribution in [0.15, 0.2) is 78.4 Å². The smallest absolute Gasteiger partial charge is 0.295 e. The first-order chi connectivity index (χ1) is 19.9. The van der Waals surface area contributed by atoms with Crippen molar-refractivity contribution in [2.24, 2.45) is 0 Å². The standard InChI is InChI=1S/C34H38N2O5/c1-4-35(5-2)18-9-19-36-31(25-12-15-28(16-13-25)40-22-24-10-7-6-8-11-24)30(33(38)34(36)39)32(37)26-14-17-29-27(21-26)20-23(3)41-29/h6-8,10-17,21,23,31,37H,4-5,9,18-20,22H2,1-3H3/t23-,31-/m0/s1. The molecule has 3 aromatic carbocycles. The van der Waals surface area contributed by atoms with Gasteiger partial charge in [-0.2, -0.15) is 0 Å². The number of nitrogens with zero attached hydrogens (tertiary/aromatic N) is 2. The molecule has 0 spiro atoms. The molecule has 0 saturated carbocycles. The molecule has 0 unspecified atom stereocenters. The first-order valence-electron chi connectivity index (χ1n) is 14.5. The molecule has 2 aliphatic heterocycles. The second-order valence-corrected chi connectivity index (χ2v) is 10.7. The lowest BCUT2D eigenvalue weighted by Gasteiger charge is -2.27. The van der Waals surface area contributed by atoms with Gasteiger partial charge in [-0.25, -0.2) is 0 Å². The number of Topliss-reactive ketones (excluding diaryl/α,β-unsaturated/α-hetero) is 1. The molecule has 0 aliphatic carbocycles. The van der Waals surface area contributed by atoms with Crippen molar-refractivity contribution < 1.29 is 24.2 Å². The van der Waals surface area contributed by atoms with E-state index in [1.165, 1.54) is 0 Å². The van der Waals surface area contributed by atoms with Crippen molar-refractivity contribution in [1.82, 2.24) is 9.80 Å². The average Bonchev–Trinajstić information content (AvgIpc) is 3.49. The zero-order valence-corrected chi connectivity index (χ0v) is 24.0. The van der Waals surface area contributed by atoms with Gasteiger partial charge in [0.1, 0.15) is 30.0 Å². The summed E-state index contributed by atoms with van der Waals surface area (Å²) in [6.07, 6.45) is 1.50. The van der Waals surface area contributed by atoms with Crippen LogP contribution in [0.4, 0.5) is 0 Å². The molecule has 41 heavy (non-hydrogen) atoms. The van der Waals surface area contributed by atoms with Crippen LogP contribution in [-0.4, -0.2) is 58.9 Å². The van der Waals surface area contributed by atoms with Crippen LogP contribution in [-0.2, 0) is 22.6 Å². The Morgan fingerprint density at radius 2 is 1.76 bits per heavy atom. The van der Waals surface area contributed by atoms with Crippen molar-refractivity contribution in [2.45, 2.75) is 52.4 Å². The van der Waals surface area contributed by atoms with Crippen LogP contribution in [0.5, 0.6) is 11.5 Å². The van der Waals surface area contributed by atoms with Gasteiger partial charge in [-0.1, -0.05) is 56.3 Å². The van der Waals surface area contributed by atoms with Gasteiger partial charge in [0.05, 0.1) is 11.6 Å². The molecular formula is C34H38N2O5. The topological polar surface area (TPSA) is 79.3 Å². The predicted octanol–water partition coefficient (Wildman–Crippen LogP) is 5.74. The van der Waals surface area contributed by atoms with E-state index >= 15 is 0 Å². The summed E-state index contributed by atoms with van der Waals surface area (Å²) in [5, 5.41) is 11.5. The number of fused-ring (bicyclic) bond motifs is 1. The van der Waals surface area contributed by atoms with Crippen molar-refractivity contribution in [2.75, 3.05) is 26.2 Å². The number of aliphatic hydroxyl groups is 1. The van der Waals surface area contributed by atoms with Gasteiger partial charge >= 0.3 is 0 Å². The molecule has 7 heteroatoms. The quantitative estimate of drug-likeness (QED) is 0.185. The molecule has 214 valence electrons. The first kappa shape index (κ1) is 28.4. The highest BCUT2D eigenvalue weighted by atomic mass is 16.5. The highest BCUT2D eigenvalue weighted by Crippen LogP contribution is 2.41. The van der Waals surface area contributed by atoms with Crippen LogP contribution < -0.4 is 9.47 Å². The molecule has 1 N–H and O–H groups in total. The fraction of sp³-hybridized carbons (Fsp3) is 0.353. The summed E-state index contributed by atoms with van der Waals surface area (Å²) in [7, 11) is 0. The summed E-state index contributed by atoms with van der Waals surface area (Å²) < 4.78 is 11.8. The van der Waals surface area contributed by atoms with Crippen LogP contribution in [0.25, 0.3) is 5.76 Å². The number of aliphatic hydroxyl groups excluding tert-OH is 1. The minimum absolute atomic E-state index is 0.0569. The minimum Gasteiger partial charge on any atom is -0.507 e. The number of benzene rings is 3. The zero-order valence-electron chi connectivity index (χ0n) is 24.0. The molecule has 3 aromatic rings. The third kappa shape index (κ3) is 6.15. The van der Waals surface area contributed by atoms with E-state index in [1.807, 2.05) is 73.7 Å². The highest BCUT2D eigenvalue weighted by Gasteiger charge is 2.46. The maximum atomic E-state index is 13.5. The Bertz CT molecular complexity index is 1410. The third-order valence-electron chi connectivity index (χ3n) is 7.92. The van der Waals surface area contributed by atoms with Gasteiger partial charge in [0.15, 0.2) is 0 Å². The Kier molecular flexibility index (Phi) is 8.74. The van der Waals surface area contributed by atoms with E-state index in [0.717, 1.165) is 54.9 Å². The summed E-state index contributed by atoms with van der Waals surface area (Å²) >= 11 is 0. The predicted molar refractivity (Wildman–Crippen MR) is 159 cm³/mol. The van der Waals surface area contributed by atoms with E-state index in [1.54, 1.807) is 11.0 Å². The fourth-order valence-corrected chi connectivity index (χ4v) is 5.67. The monoisotopic (exact) mass is 554 g/mol. The van der Waals surface area contributed by atoms with E-state index in [9.17, 15) is 14.7 Å². The summed E-state index contributed by atoms with van der Waals surface area (Å²) in [4.78, 5) is 30.7. The molecule has 7 nitrogen and oxygen atoms in total. The average molecular weight is 555 g/mol. The highest BCUT2D eigenvalue weighted by molar-refractivity contribution is 6.46. The number of amides is 1. The summed E-state index contributed by atoms with van der Waals surface area (Å²) in [5.41, 5.74) is 3.41. The van der Waals surface area contributed by atoms with Crippen LogP contribution >= 0.6 is 0 Å². The largest absolute Gasteiger partial charge is 0.507 e. The Morgan fingerprint density at radius 3 is 2.46 bits per heavy atom. The first-order valence-corrected chi connectivity index (χ1v) is 14.5. The summed E-state index contributed by atoms with van der Waals surface area (Å²) in [6, 6.07) is 22.1. The minimum atomic E-state index is -0.696. The van der Waals surface area contributed by atoms with Crippen LogP contribution in [0, 0.1) is 0 Å². The molecule has 2 heterocycles. The fourth-order valence-electron chi connectivity index (χ4n) is 5.67. The van der Waals surface area contributed by atoms with E-state index in [-0.39, 0.29) is 17.4 Å². The van der Waals surface area contributed by atoms with Gasteiger partial charge in [-0.15, -0.1) is 0 Å². The molecule has 0 bridgehead atoms. The van der Waals surface area contributed by atoms with Crippen LogP contribution in [0.3, 0.4) is 0 Å². The molecule has 1 amide bonds. The van der Waals surface area contributed by atoms with Crippen LogP contribution in [0.2, 0.25) is 0 Å². The Balaban J connectivity index is 1.46. The van der Waals surface area contributed by atoms with Gasteiger partial charge in [0.2, 0.25) is 0 Å². The van der Waals surface area contributed by atoms with Crippen molar-refractivity contribution >= 4 is 17.4 Å². The number of carbonyl (C=O) groups is 2. The molecule has 1 saturated heterocycles.